The van der Waals surface area contributed by atoms with E-state index in [1.54, 1.807) is 11.0 Å². The Kier molecular flexibility index (Phi) is 4.13. The van der Waals surface area contributed by atoms with Gasteiger partial charge in [-0.05, 0) is 26.2 Å². The SMILES string of the molecule is CC(C)(C)OC(=O)N1CC=C(B(O)O)C(C)(C)C1. The second-order valence-corrected chi connectivity index (χ2v) is 6.28. The van der Waals surface area contributed by atoms with Gasteiger partial charge in [0.25, 0.3) is 0 Å². The third kappa shape index (κ3) is 3.75. The predicted molar refractivity (Wildman–Crippen MR) is 69.9 cm³/mol. The van der Waals surface area contributed by atoms with Crippen molar-refractivity contribution in [1.82, 2.24) is 4.90 Å². The fourth-order valence-corrected chi connectivity index (χ4v) is 2.04. The van der Waals surface area contributed by atoms with Gasteiger partial charge >= 0.3 is 13.2 Å². The number of nitrogens with zero attached hydrogens (tertiary/aromatic N) is 1. The van der Waals surface area contributed by atoms with Gasteiger partial charge in [-0.2, -0.15) is 0 Å². The summed E-state index contributed by atoms with van der Waals surface area (Å²) in [5, 5.41) is 18.6. The first-order valence-electron chi connectivity index (χ1n) is 6.07. The summed E-state index contributed by atoms with van der Waals surface area (Å²) in [5.41, 5.74) is -0.451. The average molecular weight is 255 g/mol. The van der Waals surface area contributed by atoms with Gasteiger partial charge in [0.1, 0.15) is 5.60 Å². The smallest absolute Gasteiger partial charge is 0.444 e. The van der Waals surface area contributed by atoms with E-state index in [2.05, 4.69) is 0 Å². The van der Waals surface area contributed by atoms with E-state index in [0.717, 1.165) is 0 Å². The molecule has 6 heteroatoms. The van der Waals surface area contributed by atoms with Crippen molar-refractivity contribution in [3.8, 4) is 0 Å². The highest BCUT2D eigenvalue weighted by Gasteiger charge is 2.38. The van der Waals surface area contributed by atoms with Gasteiger partial charge in [0.2, 0.25) is 0 Å². The Balaban J connectivity index is 2.78. The molecule has 5 nitrogen and oxygen atoms in total. The van der Waals surface area contributed by atoms with Crippen molar-refractivity contribution in [2.75, 3.05) is 13.1 Å². The molecule has 18 heavy (non-hydrogen) atoms. The molecule has 0 unspecified atom stereocenters. The van der Waals surface area contributed by atoms with Crippen LogP contribution in [0.15, 0.2) is 11.5 Å². The highest BCUT2D eigenvalue weighted by molar-refractivity contribution is 6.51. The number of hydrogen-bond acceptors (Lipinski definition) is 4. The molecule has 102 valence electrons. The number of rotatable bonds is 1. The van der Waals surface area contributed by atoms with Crippen molar-refractivity contribution >= 4 is 13.2 Å². The van der Waals surface area contributed by atoms with Gasteiger partial charge in [0.15, 0.2) is 0 Å². The van der Waals surface area contributed by atoms with Crippen molar-refractivity contribution in [2.45, 2.75) is 40.2 Å². The average Bonchev–Trinajstić information content (AvgIpc) is 2.12. The van der Waals surface area contributed by atoms with Gasteiger partial charge in [-0.1, -0.05) is 19.9 Å². The van der Waals surface area contributed by atoms with Crippen molar-refractivity contribution in [3.05, 3.63) is 11.5 Å². The predicted octanol–water partition coefficient (Wildman–Crippen LogP) is 1.20. The molecule has 0 atom stereocenters. The van der Waals surface area contributed by atoms with Crippen LogP contribution in [0.1, 0.15) is 34.6 Å². The van der Waals surface area contributed by atoms with Crippen LogP contribution in [0.25, 0.3) is 0 Å². The maximum Gasteiger partial charge on any atom is 0.484 e. The van der Waals surface area contributed by atoms with E-state index in [0.29, 0.717) is 18.6 Å². The second kappa shape index (κ2) is 4.94. The molecule has 1 aliphatic heterocycles. The summed E-state index contributed by atoms with van der Waals surface area (Å²) in [7, 11) is -1.47. The Morgan fingerprint density at radius 3 is 2.39 bits per heavy atom. The van der Waals surface area contributed by atoms with Crippen molar-refractivity contribution in [1.29, 1.82) is 0 Å². The van der Waals surface area contributed by atoms with Crippen LogP contribution >= 0.6 is 0 Å². The van der Waals surface area contributed by atoms with Gasteiger partial charge < -0.3 is 19.7 Å². The summed E-state index contributed by atoms with van der Waals surface area (Å²) in [6.07, 6.45) is 1.30. The van der Waals surface area contributed by atoms with E-state index in [-0.39, 0.29) is 6.09 Å². The fraction of sp³-hybridized carbons (Fsp3) is 0.750. The molecule has 0 aromatic rings. The number of hydrogen-bond donors (Lipinski definition) is 2. The maximum absolute atomic E-state index is 11.9. The van der Waals surface area contributed by atoms with E-state index in [1.807, 2.05) is 34.6 Å². The lowest BCUT2D eigenvalue weighted by Crippen LogP contribution is -2.47. The fourth-order valence-electron chi connectivity index (χ4n) is 2.04. The first kappa shape index (κ1) is 15.1. The summed E-state index contributed by atoms with van der Waals surface area (Å²) >= 11 is 0. The third-order valence-electron chi connectivity index (χ3n) is 2.83. The summed E-state index contributed by atoms with van der Waals surface area (Å²) in [5.74, 6) is 0. The molecule has 0 fully saturated rings. The lowest BCUT2D eigenvalue weighted by molar-refractivity contribution is 0.0206. The topological polar surface area (TPSA) is 70.0 Å². The minimum atomic E-state index is -1.47. The molecule has 1 rings (SSSR count). The second-order valence-electron chi connectivity index (χ2n) is 6.28. The van der Waals surface area contributed by atoms with E-state index in [4.69, 9.17) is 4.74 Å². The highest BCUT2D eigenvalue weighted by Crippen LogP contribution is 2.32. The van der Waals surface area contributed by atoms with Gasteiger partial charge in [0, 0.05) is 18.5 Å². The normalized spacial score (nSPS) is 19.3. The summed E-state index contributed by atoms with van der Waals surface area (Å²) in [6.45, 7) is 9.94. The molecule has 0 aromatic carbocycles. The van der Waals surface area contributed by atoms with Crippen molar-refractivity contribution in [2.24, 2.45) is 5.41 Å². The number of carbonyl (C=O) groups excluding carboxylic acids is 1. The Bertz CT molecular complexity index is 358. The lowest BCUT2D eigenvalue weighted by Gasteiger charge is -2.39. The summed E-state index contributed by atoms with van der Waals surface area (Å²) in [4.78, 5) is 13.5. The van der Waals surface area contributed by atoms with Gasteiger partial charge in [-0.25, -0.2) is 4.79 Å². The largest absolute Gasteiger partial charge is 0.484 e. The zero-order chi connectivity index (χ0) is 14.1. The maximum atomic E-state index is 11.9. The van der Waals surface area contributed by atoms with Crippen molar-refractivity contribution in [3.63, 3.8) is 0 Å². The van der Waals surface area contributed by atoms with E-state index < -0.39 is 18.1 Å². The highest BCUT2D eigenvalue weighted by atomic mass is 16.6. The lowest BCUT2D eigenvalue weighted by atomic mass is 9.63. The van der Waals surface area contributed by atoms with Crippen LogP contribution in [0.5, 0.6) is 0 Å². The monoisotopic (exact) mass is 255 g/mol. The molecule has 0 saturated carbocycles. The zero-order valence-electron chi connectivity index (χ0n) is 11.7. The van der Waals surface area contributed by atoms with Crippen LogP contribution in [0.3, 0.4) is 0 Å². The number of amides is 1. The minimum absolute atomic E-state index is 0.339. The van der Waals surface area contributed by atoms with Crippen LogP contribution in [0.4, 0.5) is 4.79 Å². The standard InChI is InChI=1S/C12H22BNO4/c1-11(2,3)18-10(15)14-7-6-9(13(16)17)12(4,5)8-14/h6,16-17H,7-8H2,1-5H3. The zero-order valence-corrected chi connectivity index (χ0v) is 11.7. The molecule has 0 aromatic heterocycles. The van der Waals surface area contributed by atoms with Gasteiger partial charge in [-0.15, -0.1) is 0 Å². The molecule has 2 N–H and O–H groups in total. The summed E-state index contributed by atoms with van der Waals surface area (Å²) < 4.78 is 5.30. The minimum Gasteiger partial charge on any atom is -0.444 e. The first-order chi connectivity index (χ1) is 8.03. The quantitative estimate of drug-likeness (QED) is 0.691. The Labute approximate surface area is 109 Å². The molecule has 0 saturated heterocycles. The molecule has 0 spiro atoms. The molecule has 1 aliphatic rings. The number of carbonyl (C=O) groups is 1. The Morgan fingerprint density at radius 1 is 1.44 bits per heavy atom. The first-order valence-corrected chi connectivity index (χ1v) is 6.07. The molecule has 1 amide bonds. The van der Waals surface area contributed by atoms with Gasteiger partial charge in [-0.3, -0.25) is 0 Å². The van der Waals surface area contributed by atoms with E-state index >= 15 is 0 Å². The molecule has 0 aliphatic carbocycles. The Morgan fingerprint density at radius 2 is 2.00 bits per heavy atom. The molecular formula is C12H22BNO4. The molecule has 0 bridgehead atoms. The van der Waals surface area contributed by atoms with Gasteiger partial charge in [0.05, 0.1) is 0 Å². The van der Waals surface area contributed by atoms with Crippen LogP contribution in [0.2, 0.25) is 0 Å². The molecule has 1 heterocycles. The molecule has 0 radical (unpaired) electrons. The van der Waals surface area contributed by atoms with E-state index in [9.17, 15) is 14.8 Å². The number of ether oxygens (including phenoxy) is 1. The third-order valence-corrected chi connectivity index (χ3v) is 2.83. The van der Waals surface area contributed by atoms with Crippen molar-refractivity contribution < 1.29 is 19.6 Å². The molecular weight excluding hydrogens is 233 g/mol. The van der Waals surface area contributed by atoms with Crippen LogP contribution in [-0.2, 0) is 4.74 Å². The Hall–Kier alpha value is -1.01. The van der Waals surface area contributed by atoms with E-state index in [1.165, 1.54) is 0 Å². The van der Waals surface area contributed by atoms with Crippen LogP contribution in [0, 0.1) is 5.41 Å². The summed E-state index contributed by atoms with van der Waals surface area (Å²) in [6, 6.07) is 0. The van der Waals surface area contributed by atoms with Crippen LogP contribution in [-0.4, -0.2) is 46.9 Å². The van der Waals surface area contributed by atoms with Crippen LogP contribution < -0.4 is 0 Å².